The number of benzene rings is 2. The molecule has 1 heterocycles. The lowest BCUT2D eigenvalue weighted by atomic mass is 9.80. The second-order valence-corrected chi connectivity index (χ2v) is 12.1. The lowest BCUT2D eigenvalue weighted by Crippen LogP contribution is -2.36. The van der Waals surface area contributed by atoms with E-state index in [-0.39, 0.29) is 17.6 Å². The van der Waals surface area contributed by atoms with Crippen molar-refractivity contribution in [3.8, 4) is 0 Å². The smallest absolute Gasteiger partial charge is 0.251 e. The molecule has 0 radical (unpaired) electrons. The summed E-state index contributed by atoms with van der Waals surface area (Å²) in [5.74, 6) is 1.59. The summed E-state index contributed by atoms with van der Waals surface area (Å²) in [6.07, 6.45) is 8.81. The SMILES string of the molecule is CC1(C)CCCC1CNC(=O)c1ccc2c(c1)CCC(CCN1CCC(c3ccccc3)CC1)C2=O. The van der Waals surface area contributed by atoms with Crippen LogP contribution >= 0.6 is 0 Å². The molecule has 2 unspecified atom stereocenters. The van der Waals surface area contributed by atoms with Crippen LogP contribution in [0.4, 0.5) is 0 Å². The number of nitrogens with one attached hydrogen (secondary N) is 1. The maximum Gasteiger partial charge on any atom is 0.251 e. The number of hydrogen-bond acceptors (Lipinski definition) is 3. The van der Waals surface area contributed by atoms with Crippen molar-refractivity contribution in [3.63, 3.8) is 0 Å². The molecule has 36 heavy (non-hydrogen) atoms. The Labute approximate surface area is 216 Å². The monoisotopic (exact) mass is 486 g/mol. The molecular weight excluding hydrogens is 444 g/mol. The third kappa shape index (κ3) is 5.59. The van der Waals surface area contributed by atoms with E-state index in [0.717, 1.165) is 56.6 Å². The number of fused-ring (bicyclic) bond motifs is 1. The molecule has 5 rings (SSSR count). The van der Waals surface area contributed by atoms with E-state index in [1.807, 2.05) is 18.2 Å². The molecule has 1 aliphatic heterocycles. The van der Waals surface area contributed by atoms with E-state index in [2.05, 4.69) is 54.4 Å². The van der Waals surface area contributed by atoms with Crippen LogP contribution in [0.25, 0.3) is 0 Å². The largest absolute Gasteiger partial charge is 0.352 e. The van der Waals surface area contributed by atoms with E-state index in [4.69, 9.17) is 0 Å². The van der Waals surface area contributed by atoms with Crippen LogP contribution in [-0.2, 0) is 6.42 Å². The molecular formula is C32H42N2O2. The van der Waals surface area contributed by atoms with Crippen LogP contribution in [-0.4, -0.2) is 42.8 Å². The topological polar surface area (TPSA) is 49.4 Å². The minimum absolute atomic E-state index is 0.00558. The first kappa shape index (κ1) is 25.2. The second kappa shape index (κ2) is 10.9. The summed E-state index contributed by atoms with van der Waals surface area (Å²) in [5.41, 5.74) is 4.35. The summed E-state index contributed by atoms with van der Waals surface area (Å²) in [5, 5.41) is 3.16. The van der Waals surface area contributed by atoms with Gasteiger partial charge in [-0.05, 0) is 105 Å². The summed E-state index contributed by atoms with van der Waals surface area (Å²) in [6.45, 7) is 8.61. The number of rotatable bonds is 7. The van der Waals surface area contributed by atoms with Crippen molar-refractivity contribution in [2.75, 3.05) is 26.2 Å². The lowest BCUT2D eigenvalue weighted by molar-refractivity contribution is 0.0874. The molecule has 1 saturated carbocycles. The standard InChI is InChI=1S/C32H42N2O2/c1-32(2)17-6-9-28(32)22-33-31(36)27-12-13-29-26(21-27)11-10-25(30(29)35)16-20-34-18-14-24(15-19-34)23-7-4-3-5-8-23/h3-5,7-8,12-13,21,24-25,28H,6,9-11,14-20,22H2,1-2H3,(H,33,36). The average Bonchev–Trinajstić information content (AvgIpc) is 3.25. The first-order valence-electron chi connectivity index (χ1n) is 14.1. The Bertz CT molecular complexity index is 1070. The van der Waals surface area contributed by atoms with Gasteiger partial charge in [0, 0.05) is 23.6 Å². The molecule has 2 aromatic rings. The summed E-state index contributed by atoms with van der Waals surface area (Å²) in [6, 6.07) is 16.6. The predicted molar refractivity (Wildman–Crippen MR) is 146 cm³/mol. The van der Waals surface area contributed by atoms with Gasteiger partial charge in [0.25, 0.3) is 5.91 Å². The van der Waals surface area contributed by atoms with Gasteiger partial charge in [0.15, 0.2) is 5.78 Å². The van der Waals surface area contributed by atoms with Crippen LogP contribution in [0.5, 0.6) is 0 Å². The zero-order chi connectivity index (χ0) is 25.1. The van der Waals surface area contributed by atoms with Crippen molar-refractivity contribution in [1.29, 1.82) is 0 Å². The molecule has 0 bridgehead atoms. The highest BCUT2D eigenvalue weighted by Crippen LogP contribution is 2.42. The maximum absolute atomic E-state index is 13.3. The summed E-state index contributed by atoms with van der Waals surface area (Å²) in [7, 11) is 0. The molecule has 1 saturated heterocycles. The second-order valence-electron chi connectivity index (χ2n) is 12.1. The fourth-order valence-electron chi connectivity index (χ4n) is 6.79. The number of amides is 1. The van der Waals surface area contributed by atoms with Crippen molar-refractivity contribution >= 4 is 11.7 Å². The number of carbonyl (C=O) groups excluding carboxylic acids is 2. The fourth-order valence-corrected chi connectivity index (χ4v) is 6.79. The zero-order valence-electron chi connectivity index (χ0n) is 22.1. The Morgan fingerprint density at radius 2 is 1.81 bits per heavy atom. The van der Waals surface area contributed by atoms with Gasteiger partial charge in [-0.1, -0.05) is 56.7 Å². The number of aryl methyl sites for hydroxylation is 1. The van der Waals surface area contributed by atoms with E-state index in [1.165, 1.54) is 37.7 Å². The van der Waals surface area contributed by atoms with Gasteiger partial charge < -0.3 is 10.2 Å². The van der Waals surface area contributed by atoms with Crippen molar-refractivity contribution in [2.24, 2.45) is 17.3 Å². The number of hydrogen-bond donors (Lipinski definition) is 1. The highest BCUT2D eigenvalue weighted by Gasteiger charge is 2.34. The third-order valence-corrected chi connectivity index (χ3v) is 9.41. The van der Waals surface area contributed by atoms with Crippen molar-refractivity contribution in [3.05, 3.63) is 70.8 Å². The maximum atomic E-state index is 13.3. The molecule has 2 fully saturated rings. The Kier molecular flexibility index (Phi) is 7.62. The Morgan fingerprint density at radius 3 is 2.53 bits per heavy atom. The van der Waals surface area contributed by atoms with Crippen molar-refractivity contribution < 1.29 is 9.59 Å². The predicted octanol–water partition coefficient (Wildman–Crippen LogP) is 6.26. The minimum Gasteiger partial charge on any atom is -0.352 e. The van der Waals surface area contributed by atoms with Crippen LogP contribution < -0.4 is 5.32 Å². The number of carbonyl (C=O) groups is 2. The molecule has 2 atom stereocenters. The first-order chi connectivity index (χ1) is 17.4. The highest BCUT2D eigenvalue weighted by molar-refractivity contribution is 6.02. The Hall–Kier alpha value is -2.46. The number of ketones is 1. The molecule has 1 amide bonds. The van der Waals surface area contributed by atoms with Gasteiger partial charge in [-0.2, -0.15) is 0 Å². The highest BCUT2D eigenvalue weighted by atomic mass is 16.1. The minimum atomic E-state index is -0.00558. The number of Topliss-reactive ketones (excluding diaryl/α,β-unsaturated/α-hetero) is 1. The number of likely N-dealkylation sites (tertiary alicyclic amines) is 1. The molecule has 2 aromatic carbocycles. The molecule has 0 aromatic heterocycles. The molecule has 192 valence electrons. The van der Waals surface area contributed by atoms with Gasteiger partial charge in [0.1, 0.15) is 0 Å². The van der Waals surface area contributed by atoms with Gasteiger partial charge in [-0.25, -0.2) is 0 Å². The van der Waals surface area contributed by atoms with E-state index in [0.29, 0.717) is 22.8 Å². The molecule has 4 nitrogen and oxygen atoms in total. The normalized spacial score (nSPS) is 24.4. The summed E-state index contributed by atoms with van der Waals surface area (Å²) < 4.78 is 0. The van der Waals surface area contributed by atoms with Gasteiger partial charge in [-0.15, -0.1) is 0 Å². The molecule has 3 aliphatic rings. The van der Waals surface area contributed by atoms with Gasteiger partial charge in [0.2, 0.25) is 0 Å². The number of nitrogens with zero attached hydrogens (tertiary/aromatic N) is 1. The summed E-state index contributed by atoms with van der Waals surface area (Å²) in [4.78, 5) is 28.6. The van der Waals surface area contributed by atoms with Gasteiger partial charge >= 0.3 is 0 Å². The van der Waals surface area contributed by atoms with Crippen molar-refractivity contribution in [1.82, 2.24) is 10.2 Å². The van der Waals surface area contributed by atoms with Crippen LogP contribution in [0.2, 0.25) is 0 Å². The van der Waals surface area contributed by atoms with Crippen LogP contribution in [0.3, 0.4) is 0 Å². The van der Waals surface area contributed by atoms with Crippen molar-refractivity contribution in [2.45, 2.75) is 71.1 Å². The quantitative estimate of drug-likeness (QED) is 0.503. The Balaban J connectivity index is 1.11. The molecule has 4 heteroatoms. The summed E-state index contributed by atoms with van der Waals surface area (Å²) >= 11 is 0. The molecule has 0 spiro atoms. The van der Waals surface area contributed by atoms with E-state index >= 15 is 0 Å². The van der Waals surface area contributed by atoms with Crippen LogP contribution in [0.1, 0.15) is 96.6 Å². The molecule has 1 N–H and O–H groups in total. The molecule has 2 aliphatic carbocycles. The van der Waals surface area contributed by atoms with E-state index < -0.39 is 0 Å². The fraction of sp³-hybridized carbons (Fsp3) is 0.562. The van der Waals surface area contributed by atoms with Gasteiger partial charge in [-0.3, -0.25) is 9.59 Å². The zero-order valence-corrected chi connectivity index (χ0v) is 22.1. The lowest BCUT2D eigenvalue weighted by Gasteiger charge is -2.33. The average molecular weight is 487 g/mol. The van der Waals surface area contributed by atoms with E-state index in [1.54, 1.807) is 0 Å². The first-order valence-corrected chi connectivity index (χ1v) is 14.1. The van der Waals surface area contributed by atoms with E-state index in [9.17, 15) is 9.59 Å². The number of piperidine rings is 1. The van der Waals surface area contributed by atoms with Gasteiger partial charge in [0.05, 0.1) is 0 Å². The van der Waals surface area contributed by atoms with Crippen LogP contribution in [0, 0.1) is 17.3 Å². The van der Waals surface area contributed by atoms with Crippen LogP contribution in [0.15, 0.2) is 48.5 Å². The third-order valence-electron chi connectivity index (χ3n) is 9.41. The Morgan fingerprint density at radius 1 is 1.03 bits per heavy atom.